The second-order valence-electron chi connectivity index (χ2n) is 4.63. The molecule has 1 aromatic rings. The minimum absolute atomic E-state index is 0.153. The third-order valence-corrected chi connectivity index (χ3v) is 3.53. The minimum atomic E-state index is -0.619. The number of rotatable bonds is 7. The van der Waals surface area contributed by atoms with Crippen LogP contribution in [0.25, 0.3) is 0 Å². The lowest BCUT2D eigenvalue weighted by molar-refractivity contribution is -0.137. The van der Waals surface area contributed by atoms with Crippen molar-refractivity contribution in [2.24, 2.45) is 0 Å². The van der Waals surface area contributed by atoms with Gasteiger partial charge in [0.2, 0.25) is 0 Å². The van der Waals surface area contributed by atoms with Crippen molar-refractivity contribution in [3.8, 4) is 0 Å². The van der Waals surface area contributed by atoms with Crippen LogP contribution in [0.2, 0.25) is 0 Å². The predicted molar refractivity (Wildman–Crippen MR) is 89.0 cm³/mol. The Morgan fingerprint density at radius 3 is 2.35 bits per heavy atom. The van der Waals surface area contributed by atoms with Crippen LogP contribution in [0.1, 0.15) is 23.2 Å². The van der Waals surface area contributed by atoms with E-state index in [1.165, 1.54) is 20.3 Å². The number of halogens is 1. The molecule has 0 spiro atoms. The van der Waals surface area contributed by atoms with E-state index in [2.05, 4.69) is 32.0 Å². The number of carbonyl (C=O) groups is 3. The Morgan fingerprint density at radius 2 is 1.78 bits per heavy atom. The molecule has 0 aromatic heterocycles. The van der Waals surface area contributed by atoms with Gasteiger partial charge >= 0.3 is 11.9 Å². The largest absolute Gasteiger partial charge is 0.466 e. The summed E-state index contributed by atoms with van der Waals surface area (Å²) < 4.78 is 9.99. The van der Waals surface area contributed by atoms with Crippen molar-refractivity contribution in [3.63, 3.8) is 0 Å². The van der Waals surface area contributed by atoms with E-state index >= 15 is 0 Å². The predicted octanol–water partition coefficient (Wildman–Crippen LogP) is 3.24. The van der Waals surface area contributed by atoms with Crippen LogP contribution < -0.4 is 0 Å². The number of ketones is 1. The molecule has 0 saturated carbocycles. The summed E-state index contributed by atoms with van der Waals surface area (Å²) in [5, 5.41) is 0. The smallest absolute Gasteiger partial charge is 0.333 e. The van der Waals surface area contributed by atoms with Crippen LogP contribution in [0.15, 0.2) is 52.5 Å². The van der Waals surface area contributed by atoms with Crippen molar-refractivity contribution in [1.29, 1.82) is 0 Å². The number of carbonyl (C=O) groups excluding carboxylic acids is 3. The van der Waals surface area contributed by atoms with Crippen molar-refractivity contribution in [2.45, 2.75) is 12.8 Å². The molecule has 0 bridgehead atoms. The molecule has 0 unspecified atom stereocenters. The van der Waals surface area contributed by atoms with E-state index in [4.69, 9.17) is 0 Å². The Hall–Kier alpha value is -2.21. The lowest BCUT2D eigenvalue weighted by Crippen LogP contribution is -2.10. The molecule has 0 N–H and O–H groups in total. The fraction of sp³-hybridized carbons (Fsp3) is 0.235. The van der Waals surface area contributed by atoms with E-state index in [1.807, 2.05) is 0 Å². The highest BCUT2D eigenvalue weighted by Gasteiger charge is 2.15. The fourth-order valence-corrected chi connectivity index (χ4v) is 2.18. The van der Waals surface area contributed by atoms with Crippen LogP contribution in [0.3, 0.4) is 0 Å². The van der Waals surface area contributed by atoms with Crippen molar-refractivity contribution < 1.29 is 23.9 Å². The molecular weight excluding hydrogens is 364 g/mol. The molecule has 5 nitrogen and oxygen atoms in total. The molecule has 0 amide bonds. The second kappa shape index (κ2) is 9.05. The molecule has 0 radical (unpaired) electrons. The first-order valence-electron chi connectivity index (χ1n) is 6.74. The number of methoxy groups -OCH3 is 2. The van der Waals surface area contributed by atoms with E-state index in [0.29, 0.717) is 5.56 Å². The molecule has 0 aliphatic rings. The van der Waals surface area contributed by atoms with E-state index in [0.717, 1.165) is 4.47 Å². The first-order valence-corrected chi connectivity index (χ1v) is 7.53. The van der Waals surface area contributed by atoms with Gasteiger partial charge in [-0.25, -0.2) is 9.59 Å². The summed E-state index contributed by atoms with van der Waals surface area (Å²) in [6.07, 6.45) is 1.57. The first kappa shape index (κ1) is 18.8. The highest BCUT2D eigenvalue weighted by Crippen LogP contribution is 2.17. The maximum absolute atomic E-state index is 12.2. The molecule has 122 valence electrons. The molecular formula is C17H17BrO5. The molecule has 1 rings (SSSR count). The van der Waals surface area contributed by atoms with E-state index in [9.17, 15) is 14.4 Å². The fourth-order valence-electron chi connectivity index (χ4n) is 1.78. The molecule has 0 atom stereocenters. The number of ether oxygens (including phenoxy) is 2. The van der Waals surface area contributed by atoms with Gasteiger partial charge in [0.05, 0.1) is 14.2 Å². The van der Waals surface area contributed by atoms with Gasteiger partial charge in [0.15, 0.2) is 5.78 Å². The molecule has 0 aliphatic carbocycles. The minimum Gasteiger partial charge on any atom is -0.466 e. The number of hydrogen-bond acceptors (Lipinski definition) is 5. The third-order valence-electron chi connectivity index (χ3n) is 3.03. The van der Waals surface area contributed by atoms with Crippen LogP contribution in [0.4, 0.5) is 0 Å². The Kier molecular flexibility index (Phi) is 7.41. The van der Waals surface area contributed by atoms with Gasteiger partial charge < -0.3 is 9.47 Å². The van der Waals surface area contributed by atoms with E-state index < -0.39 is 11.9 Å². The van der Waals surface area contributed by atoms with E-state index in [-0.39, 0.29) is 29.8 Å². The maximum atomic E-state index is 12.2. The Morgan fingerprint density at radius 1 is 1.13 bits per heavy atom. The van der Waals surface area contributed by atoms with Gasteiger partial charge in [0.1, 0.15) is 0 Å². The highest BCUT2D eigenvalue weighted by molar-refractivity contribution is 9.10. The Bertz CT molecular complexity index is 661. The summed E-state index contributed by atoms with van der Waals surface area (Å²) in [5.41, 5.74) is 0.826. The summed E-state index contributed by atoms with van der Waals surface area (Å²) in [4.78, 5) is 35.4. The van der Waals surface area contributed by atoms with Gasteiger partial charge in [-0.05, 0) is 31.1 Å². The van der Waals surface area contributed by atoms with Crippen molar-refractivity contribution in [1.82, 2.24) is 0 Å². The summed E-state index contributed by atoms with van der Waals surface area (Å²) in [5.74, 6) is -1.49. The average Bonchev–Trinajstić information content (AvgIpc) is 2.56. The summed E-state index contributed by atoms with van der Waals surface area (Å²) in [6.45, 7) is 3.59. The van der Waals surface area contributed by atoms with Crippen molar-refractivity contribution in [3.05, 3.63) is 58.1 Å². The zero-order valence-corrected chi connectivity index (χ0v) is 14.5. The van der Waals surface area contributed by atoms with Crippen LogP contribution in [0, 0.1) is 0 Å². The SMILES string of the molecule is C=C(CC/C(=C\C(=O)c1cccc(Br)c1)C(=O)OC)C(=O)OC. The standard InChI is InChI=1S/C17H17BrO5/c1-11(16(20)22-2)7-8-13(17(21)23-3)10-15(19)12-5-4-6-14(18)9-12/h4-6,9-10H,1,7-8H2,2-3H3/b13-10+. The zero-order chi connectivity index (χ0) is 17.4. The summed E-state index contributed by atoms with van der Waals surface area (Å²) in [7, 11) is 2.48. The van der Waals surface area contributed by atoms with Gasteiger partial charge in [0.25, 0.3) is 0 Å². The zero-order valence-electron chi connectivity index (χ0n) is 12.9. The molecule has 0 fully saturated rings. The normalized spacial score (nSPS) is 10.8. The van der Waals surface area contributed by atoms with Gasteiger partial charge in [0, 0.05) is 21.2 Å². The lowest BCUT2D eigenvalue weighted by Gasteiger charge is -2.07. The molecule has 0 heterocycles. The van der Waals surface area contributed by atoms with Gasteiger partial charge in [-0.3, -0.25) is 4.79 Å². The van der Waals surface area contributed by atoms with Crippen LogP contribution in [0.5, 0.6) is 0 Å². The van der Waals surface area contributed by atoms with Gasteiger partial charge in [-0.1, -0.05) is 34.6 Å². The van der Waals surface area contributed by atoms with E-state index in [1.54, 1.807) is 24.3 Å². The van der Waals surface area contributed by atoms with Gasteiger partial charge in [-0.2, -0.15) is 0 Å². The Balaban J connectivity index is 2.93. The van der Waals surface area contributed by atoms with Crippen molar-refractivity contribution in [2.75, 3.05) is 14.2 Å². The maximum Gasteiger partial charge on any atom is 0.333 e. The topological polar surface area (TPSA) is 69.7 Å². The molecule has 0 aliphatic heterocycles. The average molecular weight is 381 g/mol. The van der Waals surface area contributed by atoms with Crippen LogP contribution >= 0.6 is 15.9 Å². The molecule has 6 heteroatoms. The van der Waals surface area contributed by atoms with Gasteiger partial charge in [-0.15, -0.1) is 0 Å². The number of hydrogen-bond donors (Lipinski definition) is 0. The third kappa shape index (κ3) is 5.83. The summed E-state index contributed by atoms with van der Waals surface area (Å²) in [6, 6.07) is 6.82. The van der Waals surface area contributed by atoms with Crippen LogP contribution in [-0.4, -0.2) is 31.9 Å². The number of benzene rings is 1. The molecule has 23 heavy (non-hydrogen) atoms. The Labute approximate surface area is 143 Å². The summed E-state index contributed by atoms with van der Waals surface area (Å²) >= 11 is 3.29. The molecule has 0 saturated heterocycles. The lowest BCUT2D eigenvalue weighted by atomic mass is 10.0. The number of allylic oxidation sites excluding steroid dienone is 1. The number of esters is 2. The van der Waals surface area contributed by atoms with Crippen molar-refractivity contribution >= 4 is 33.7 Å². The van der Waals surface area contributed by atoms with Crippen LogP contribution in [-0.2, 0) is 19.1 Å². The molecule has 1 aromatic carbocycles. The second-order valence-corrected chi connectivity index (χ2v) is 5.55. The highest BCUT2D eigenvalue weighted by atomic mass is 79.9. The monoisotopic (exact) mass is 380 g/mol. The first-order chi connectivity index (χ1) is 10.9. The quantitative estimate of drug-likeness (QED) is 0.412.